The Morgan fingerprint density at radius 2 is 1.59 bits per heavy atom. The third-order valence-corrected chi connectivity index (χ3v) is 6.31. The first-order chi connectivity index (χ1) is 15.5. The molecule has 1 amide bonds. The maximum atomic E-state index is 13.2. The van der Waals surface area contributed by atoms with Gasteiger partial charge in [-0.05, 0) is 42.7 Å². The molecule has 6 heteroatoms. The van der Waals surface area contributed by atoms with E-state index >= 15 is 0 Å². The molecular weight excluding hydrogens is 402 g/mol. The Balaban J connectivity index is 1.38. The van der Waals surface area contributed by atoms with Crippen LogP contribution in [0.3, 0.4) is 0 Å². The van der Waals surface area contributed by atoms with Crippen molar-refractivity contribution in [1.82, 2.24) is 10.2 Å². The van der Waals surface area contributed by atoms with E-state index in [0.717, 1.165) is 49.7 Å². The van der Waals surface area contributed by atoms with Crippen molar-refractivity contribution in [3.05, 3.63) is 54.1 Å². The van der Waals surface area contributed by atoms with Gasteiger partial charge in [-0.3, -0.25) is 10.1 Å². The summed E-state index contributed by atoms with van der Waals surface area (Å²) in [6, 6.07) is 16.3. The fourth-order valence-corrected chi connectivity index (χ4v) is 4.49. The van der Waals surface area contributed by atoms with Gasteiger partial charge in [0.1, 0.15) is 0 Å². The number of amides is 1. The second kappa shape index (κ2) is 10.3. The van der Waals surface area contributed by atoms with Crippen molar-refractivity contribution in [2.75, 3.05) is 44.3 Å². The van der Waals surface area contributed by atoms with E-state index in [1.165, 1.54) is 5.69 Å². The Morgan fingerprint density at radius 3 is 2.28 bits per heavy atom. The van der Waals surface area contributed by atoms with E-state index < -0.39 is 0 Å². The molecule has 2 aliphatic heterocycles. The summed E-state index contributed by atoms with van der Waals surface area (Å²) >= 11 is 0. The summed E-state index contributed by atoms with van der Waals surface area (Å²) < 4.78 is 11.7. The molecule has 2 aromatic carbocycles. The molecule has 0 saturated carbocycles. The lowest BCUT2D eigenvalue weighted by Gasteiger charge is -2.38. The summed E-state index contributed by atoms with van der Waals surface area (Å²) in [5.41, 5.74) is 2.35. The SMILES string of the molecule is CC(C)[C@H](N[C@H](C)C(=O)N1CCN(c2ccccc2)CC1)c1ccc2c(c1)OCCCO2. The van der Waals surface area contributed by atoms with Gasteiger partial charge in [0, 0.05) is 44.3 Å². The van der Waals surface area contributed by atoms with Crippen molar-refractivity contribution in [2.24, 2.45) is 5.92 Å². The van der Waals surface area contributed by atoms with E-state index in [1.54, 1.807) is 0 Å². The van der Waals surface area contributed by atoms with Gasteiger partial charge in [-0.1, -0.05) is 38.1 Å². The first-order valence-corrected chi connectivity index (χ1v) is 11.8. The summed E-state index contributed by atoms with van der Waals surface area (Å²) in [7, 11) is 0. The number of anilines is 1. The van der Waals surface area contributed by atoms with E-state index in [-0.39, 0.29) is 18.0 Å². The molecule has 2 aromatic rings. The van der Waals surface area contributed by atoms with E-state index in [2.05, 4.69) is 60.5 Å². The molecule has 1 fully saturated rings. The average molecular weight is 438 g/mol. The minimum Gasteiger partial charge on any atom is -0.490 e. The van der Waals surface area contributed by atoms with Crippen LogP contribution in [0.5, 0.6) is 11.5 Å². The number of piperazine rings is 1. The van der Waals surface area contributed by atoms with E-state index in [9.17, 15) is 4.79 Å². The van der Waals surface area contributed by atoms with Crippen LogP contribution in [0.15, 0.2) is 48.5 Å². The highest BCUT2D eigenvalue weighted by Gasteiger charge is 2.28. The molecule has 0 aromatic heterocycles. The molecule has 6 nitrogen and oxygen atoms in total. The van der Waals surface area contributed by atoms with Crippen LogP contribution in [0.25, 0.3) is 0 Å². The van der Waals surface area contributed by atoms with Gasteiger partial charge >= 0.3 is 0 Å². The van der Waals surface area contributed by atoms with Gasteiger partial charge in [0.15, 0.2) is 11.5 Å². The molecular formula is C26H35N3O3. The maximum Gasteiger partial charge on any atom is 0.239 e. The molecule has 2 atom stereocenters. The van der Waals surface area contributed by atoms with Crippen LogP contribution in [0, 0.1) is 5.92 Å². The Labute approximate surface area is 191 Å². The molecule has 4 rings (SSSR count). The van der Waals surface area contributed by atoms with E-state index in [4.69, 9.17) is 9.47 Å². The lowest BCUT2D eigenvalue weighted by Crippen LogP contribution is -2.54. The Kier molecular flexibility index (Phi) is 7.20. The zero-order chi connectivity index (χ0) is 22.5. The van der Waals surface area contributed by atoms with Crippen LogP contribution < -0.4 is 19.7 Å². The van der Waals surface area contributed by atoms with Crippen LogP contribution in [0.4, 0.5) is 5.69 Å². The van der Waals surface area contributed by atoms with Crippen molar-refractivity contribution in [3.63, 3.8) is 0 Å². The number of rotatable bonds is 6. The topological polar surface area (TPSA) is 54.0 Å². The molecule has 0 spiro atoms. The molecule has 32 heavy (non-hydrogen) atoms. The molecule has 172 valence electrons. The lowest BCUT2D eigenvalue weighted by atomic mass is 9.94. The summed E-state index contributed by atoms with van der Waals surface area (Å²) in [4.78, 5) is 17.5. The zero-order valence-electron chi connectivity index (χ0n) is 19.4. The molecule has 2 aliphatic rings. The number of fused-ring (bicyclic) bond motifs is 1. The number of carbonyl (C=O) groups excluding carboxylic acids is 1. The van der Waals surface area contributed by atoms with Crippen LogP contribution in [0.2, 0.25) is 0 Å². The fraction of sp³-hybridized carbons (Fsp3) is 0.500. The van der Waals surface area contributed by atoms with Crippen molar-refractivity contribution < 1.29 is 14.3 Å². The summed E-state index contributed by atoms with van der Waals surface area (Å²) in [6.07, 6.45) is 0.888. The van der Waals surface area contributed by atoms with Crippen molar-refractivity contribution >= 4 is 11.6 Å². The van der Waals surface area contributed by atoms with Crippen LogP contribution in [-0.4, -0.2) is 56.2 Å². The van der Waals surface area contributed by atoms with Crippen molar-refractivity contribution in [2.45, 2.75) is 39.3 Å². The highest BCUT2D eigenvalue weighted by molar-refractivity contribution is 5.81. The normalized spacial score (nSPS) is 18.2. The van der Waals surface area contributed by atoms with Gasteiger partial charge < -0.3 is 19.3 Å². The smallest absolute Gasteiger partial charge is 0.239 e. The van der Waals surface area contributed by atoms with Gasteiger partial charge in [0.05, 0.1) is 19.3 Å². The number of carbonyl (C=O) groups is 1. The summed E-state index contributed by atoms with van der Waals surface area (Å²) in [6.45, 7) is 10.9. The third-order valence-electron chi connectivity index (χ3n) is 6.31. The predicted molar refractivity (Wildman–Crippen MR) is 127 cm³/mol. The second-order valence-electron chi connectivity index (χ2n) is 9.01. The molecule has 0 unspecified atom stereocenters. The van der Waals surface area contributed by atoms with Crippen molar-refractivity contribution in [3.8, 4) is 11.5 Å². The van der Waals surface area contributed by atoms with Gasteiger partial charge in [-0.15, -0.1) is 0 Å². The van der Waals surface area contributed by atoms with Gasteiger partial charge in [0.2, 0.25) is 5.91 Å². The van der Waals surface area contributed by atoms with E-state index in [0.29, 0.717) is 19.1 Å². The number of hydrogen-bond acceptors (Lipinski definition) is 5. The molecule has 0 aliphatic carbocycles. The molecule has 1 N–H and O–H groups in total. The lowest BCUT2D eigenvalue weighted by molar-refractivity contribution is -0.133. The number of para-hydroxylation sites is 1. The standard InChI is InChI=1S/C26H35N3O3/c1-19(2)25(21-10-11-23-24(18-21)32-17-7-16-31-23)27-20(3)26(30)29-14-12-28(13-15-29)22-8-5-4-6-9-22/h4-6,8-11,18-20,25,27H,7,12-17H2,1-3H3/t20-,25+/m1/s1. The van der Waals surface area contributed by atoms with Crippen LogP contribution >= 0.6 is 0 Å². The first kappa shape index (κ1) is 22.5. The monoisotopic (exact) mass is 437 g/mol. The second-order valence-corrected chi connectivity index (χ2v) is 9.01. The van der Waals surface area contributed by atoms with Crippen molar-refractivity contribution in [1.29, 1.82) is 0 Å². The highest BCUT2D eigenvalue weighted by atomic mass is 16.5. The Hall–Kier alpha value is -2.73. The Morgan fingerprint density at radius 1 is 0.906 bits per heavy atom. The number of hydrogen-bond donors (Lipinski definition) is 1. The van der Waals surface area contributed by atoms with Crippen LogP contribution in [0.1, 0.15) is 38.8 Å². The minimum absolute atomic E-state index is 0.0525. The maximum absolute atomic E-state index is 13.2. The first-order valence-electron chi connectivity index (χ1n) is 11.8. The minimum atomic E-state index is -0.262. The third kappa shape index (κ3) is 5.18. The fourth-order valence-electron chi connectivity index (χ4n) is 4.49. The predicted octanol–water partition coefficient (Wildman–Crippen LogP) is 3.87. The van der Waals surface area contributed by atoms with E-state index in [1.807, 2.05) is 24.0 Å². The number of nitrogens with one attached hydrogen (secondary N) is 1. The molecule has 0 radical (unpaired) electrons. The van der Waals surface area contributed by atoms with Gasteiger partial charge in [-0.25, -0.2) is 0 Å². The summed E-state index contributed by atoms with van der Waals surface area (Å²) in [5, 5.41) is 3.59. The number of benzene rings is 2. The largest absolute Gasteiger partial charge is 0.490 e. The molecule has 2 heterocycles. The Bertz CT molecular complexity index is 894. The molecule has 1 saturated heterocycles. The number of nitrogens with zero attached hydrogens (tertiary/aromatic N) is 2. The van der Waals surface area contributed by atoms with Gasteiger partial charge in [-0.2, -0.15) is 0 Å². The highest BCUT2D eigenvalue weighted by Crippen LogP contribution is 2.34. The van der Waals surface area contributed by atoms with Gasteiger partial charge in [0.25, 0.3) is 0 Å². The van der Waals surface area contributed by atoms with Crippen LogP contribution in [-0.2, 0) is 4.79 Å². The zero-order valence-corrected chi connectivity index (χ0v) is 19.4. The number of ether oxygens (including phenoxy) is 2. The molecule has 0 bridgehead atoms. The average Bonchev–Trinajstić information content (AvgIpc) is 3.07. The summed E-state index contributed by atoms with van der Waals surface area (Å²) in [5.74, 6) is 2.08. The quantitative estimate of drug-likeness (QED) is 0.744.